The minimum Gasteiger partial charge on any atom is -0.502 e. The minimum atomic E-state index is 0.0491. The molecule has 1 saturated heterocycles. The third kappa shape index (κ3) is 4.84. The fraction of sp³-hybridized carbons (Fsp3) is 0.429. The first kappa shape index (κ1) is 19.3. The van der Waals surface area contributed by atoms with E-state index in [1.807, 2.05) is 24.3 Å². The number of phenolic OH excluding ortho intramolecular Hbond substituents is 1. The van der Waals surface area contributed by atoms with Gasteiger partial charge in [-0.1, -0.05) is 12.1 Å². The SMILES string of the molecule is COc1ccc(CN2CCN(Cc3cc(OC)c(O)c(OC)c3)CC2)cc1. The molecule has 0 amide bonds. The Morgan fingerprint density at radius 3 is 1.67 bits per heavy atom. The van der Waals surface area contributed by atoms with Crippen molar-refractivity contribution in [3.05, 3.63) is 47.5 Å². The van der Waals surface area contributed by atoms with E-state index in [-0.39, 0.29) is 5.75 Å². The van der Waals surface area contributed by atoms with Gasteiger partial charge in [0.2, 0.25) is 5.75 Å². The maximum absolute atomic E-state index is 10.0. The zero-order valence-electron chi connectivity index (χ0n) is 16.3. The molecule has 1 fully saturated rings. The lowest BCUT2D eigenvalue weighted by atomic mass is 10.1. The van der Waals surface area contributed by atoms with Crippen LogP contribution >= 0.6 is 0 Å². The largest absolute Gasteiger partial charge is 0.502 e. The first-order chi connectivity index (χ1) is 13.1. The van der Waals surface area contributed by atoms with Crippen molar-refractivity contribution in [2.24, 2.45) is 0 Å². The summed E-state index contributed by atoms with van der Waals surface area (Å²) in [7, 11) is 4.79. The number of phenols is 1. The van der Waals surface area contributed by atoms with Crippen LogP contribution in [0, 0.1) is 0 Å². The Labute approximate surface area is 160 Å². The van der Waals surface area contributed by atoms with Crippen molar-refractivity contribution in [1.82, 2.24) is 9.80 Å². The van der Waals surface area contributed by atoms with E-state index in [9.17, 15) is 5.11 Å². The van der Waals surface area contributed by atoms with Crippen LogP contribution in [0.5, 0.6) is 23.0 Å². The number of hydrogen-bond donors (Lipinski definition) is 1. The summed E-state index contributed by atoms with van der Waals surface area (Å²) in [6, 6.07) is 12.0. The van der Waals surface area contributed by atoms with Crippen LogP contribution in [-0.2, 0) is 13.1 Å². The lowest BCUT2D eigenvalue weighted by Gasteiger charge is -2.34. The second-order valence-electron chi connectivity index (χ2n) is 6.75. The molecule has 0 radical (unpaired) electrons. The molecule has 146 valence electrons. The van der Waals surface area contributed by atoms with E-state index in [1.165, 1.54) is 5.56 Å². The standard InChI is InChI=1S/C21H28N2O4/c1-25-18-6-4-16(5-7-18)14-22-8-10-23(11-9-22)15-17-12-19(26-2)21(24)20(13-17)27-3/h4-7,12-13,24H,8-11,14-15H2,1-3H3. The van der Waals surface area contributed by atoms with Crippen LogP contribution in [0.25, 0.3) is 0 Å². The summed E-state index contributed by atoms with van der Waals surface area (Å²) in [5, 5.41) is 10.0. The number of methoxy groups -OCH3 is 3. The molecular formula is C21H28N2O4. The van der Waals surface area contributed by atoms with Crippen LogP contribution in [0.2, 0.25) is 0 Å². The van der Waals surface area contributed by atoms with Crippen molar-refractivity contribution in [2.75, 3.05) is 47.5 Å². The first-order valence-corrected chi connectivity index (χ1v) is 9.14. The molecule has 27 heavy (non-hydrogen) atoms. The summed E-state index contributed by atoms with van der Waals surface area (Å²) >= 11 is 0. The Kier molecular flexibility index (Phi) is 6.42. The summed E-state index contributed by atoms with van der Waals surface area (Å²) in [4.78, 5) is 4.88. The molecule has 1 heterocycles. The third-order valence-electron chi connectivity index (χ3n) is 4.98. The van der Waals surface area contributed by atoms with Gasteiger partial charge in [-0.15, -0.1) is 0 Å². The second-order valence-corrected chi connectivity index (χ2v) is 6.75. The van der Waals surface area contributed by atoms with Crippen LogP contribution in [0.1, 0.15) is 11.1 Å². The molecule has 0 aromatic heterocycles. The number of benzene rings is 2. The van der Waals surface area contributed by atoms with Crippen LogP contribution in [0.4, 0.5) is 0 Å². The zero-order chi connectivity index (χ0) is 19.2. The minimum absolute atomic E-state index is 0.0491. The molecule has 0 spiro atoms. The van der Waals surface area contributed by atoms with E-state index in [2.05, 4.69) is 21.9 Å². The maximum atomic E-state index is 10.0. The van der Waals surface area contributed by atoms with Gasteiger partial charge in [0.25, 0.3) is 0 Å². The molecule has 2 aromatic rings. The predicted octanol–water partition coefficient (Wildman–Crippen LogP) is 2.74. The highest BCUT2D eigenvalue weighted by Gasteiger charge is 2.19. The van der Waals surface area contributed by atoms with E-state index in [1.54, 1.807) is 21.3 Å². The summed E-state index contributed by atoms with van der Waals surface area (Å²) in [6.07, 6.45) is 0. The van der Waals surface area contributed by atoms with Gasteiger partial charge in [-0.25, -0.2) is 0 Å². The van der Waals surface area contributed by atoms with E-state index < -0.39 is 0 Å². The van der Waals surface area contributed by atoms with Gasteiger partial charge in [0.15, 0.2) is 11.5 Å². The normalized spacial score (nSPS) is 15.5. The molecule has 1 aliphatic heterocycles. The average molecular weight is 372 g/mol. The Morgan fingerprint density at radius 2 is 1.22 bits per heavy atom. The molecular weight excluding hydrogens is 344 g/mol. The van der Waals surface area contributed by atoms with E-state index in [0.717, 1.165) is 50.6 Å². The average Bonchev–Trinajstić information content (AvgIpc) is 2.71. The molecule has 3 rings (SSSR count). The van der Waals surface area contributed by atoms with Gasteiger partial charge in [-0.2, -0.15) is 0 Å². The fourth-order valence-corrected chi connectivity index (χ4v) is 3.39. The number of ether oxygens (including phenoxy) is 3. The second kappa shape index (κ2) is 8.97. The molecule has 0 bridgehead atoms. The Hall–Kier alpha value is -2.44. The molecule has 0 saturated carbocycles. The first-order valence-electron chi connectivity index (χ1n) is 9.14. The van der Waals surface area contributed by atoms with Crippen molar-refractivity contribution in [2.45, 2.75) is 13.1 Å². The Balaban J connectivity index is 1.54. The molecule has 6 nitrogen and oxygen atoms in total. The predicted molar refractivity (Wildman–Crippen MR) is 105 cm³/mol. The molecule has 0 unspecified atom stereocenters. The van der Waals surface area contributed by atoms with Gasteiger partial charge in [0, 0.05) is 39.3 Å². The fourth-order valence-electron chi connectivity index (χ4n) is 3.39. The van der Waals surface area contributed by atoms with Crippen LogP contribution in [-0.4, -0.2) is 62.4 Å². The molecule has 0 aliphatic carbocycles. The van der Waals surface area contributed by atoms with Crippen molar-refractivity contribution >= 4 is 0 Å². The molecule has 2 aromatic carbocycles. The topological polar surface area (TPSA) is 54.4 Å². The maximum Gasteiger partial charge on any atom is 0.200 e. The number of rotatable bonds is 7. The molecule has 6 heteroatoms. The summed E-state index contributed by atoms with van der Waals surface area (Å²) in [5.74, 6) is 1.83. The quantitative estimate of drug-likeness (QED) is 0.807. The zero-order valence-corrected chi connectivity index (χ0v) is 16.3. The molecule has 1 N–H and O–H groups in total. The summed E-state index contributed by atoms with van der Waals surface area (Å²) < 4.78 is 15.7. The third-order valence-corrected chi connectivity index (χ3v) is 4.98. The summed E-state index contributed by atoms with van der Waals surface area (Å²) in [5.41, 5.74) is 2.38. The highest BCUT2D eigenvalue weighted by atomic mass is 16.5. The van der Waals surface area contributed by atoms with Crippen LogP contribution in [0.3, 0.4) is 0 Å². The van der Waals surface area contributed by atoms with Crippen LogP contribution in [0.15, 0.2) is 36.4 Å². The lowest BCUT2D eigenvalue weighted by molar-refractivity contribution is 0.122. The monoisotopic (exact) mass is 372 g/mol. The Morgan fingerprint density at radius 1 is 0.741 bits per heavy atom. The lowest BCUT2D eigenvalue weighted by Crippen LogP contribution is -2.45. The Bertz CT molecular complexity index is 715. The van der Waals surface area contributed by atoms with Gasteiger partial charge in [-0.05, 0) is 35.4 Å². The number of hydrogen-bond acceptors (Lipinski definition) is 6. The highest BCUT2D eigenvalue weighted by molar-refractivity contribution is 5.52. The van der Waals surface area contributed by atoms with Crippen LogP contribution < -0.4 is 14.2 Å². The van der Waals surface area contributed by atoms with E-state index in [4.69, 9.17) is 14.2 Å². The number of piperazine rings is 1. The van der Waals surface area contributed by atoms with Crippen molar-refractivity contribution in [3.8, 4) is 23.0 Å². The van der Waals surface area contributed by atoms with Crippen molar-refractivity contribution < 1.29 is 19.3 Å². The number of aromatic hydroxyl groups is 1. The number of nitrogens with zero attached hydrogens (tertiary/aromatic N) is 2. The van der Waals surface area contributed by atoms with Crippen molar-refractivity contribution in [3.63, 3.8) is 0 Å². The molecule has 0 atom stereocenters. The van der Waals surface area contributed by atoms with Gasteiger partial charge >= 0.3 is 0 Å². The van der Waals surface area contributed by atoms with Gasteiger partial charge in [0.1, 0.15) is 5.75 Å². The van der Waals surface area contributed by atoms with Gasteiger partial charge < -0.3 is 19.3 Å². The van der Waals surface area contributed by atoms with E-state index in [0.29, 0.717) is 11.5 Å². The smallest absolute Gasteiger partial charge is 0.200 e. The highest BCUT2D eigenvalue weighted by Crippen LogP contribution is 2.37. The van der Waals surface area contributed by atoms with E-state index >= 15 is 0 Å². The molecule has 1 aliphatic rings. The summed E-state index contributed by atoms with van der Waals surface area (Å²) in [6.45, 7) is 5.82. The van der Waals surface area contributed by atoms with Gasteiger partial charge in [-0.3, -0.25) is 9.80 Å². The van der Waals surface area contributed by atoms with Crippen molar-refractivity contribution in [1.29, 1.82) is 0 Å². The van der Waals surface area contributed by atoms with Gasteiger partial charge in [0.05, 0.1) is 21.3 Å².